The number of hydrogen-bond donors (Lipinski definition) is 1. The van der Waals surface area contributed by atoms with E-state index in [0.717, 1.165) is 12.1 Å². The Morgan fingerprint density at radius 1 is 1.26 bits per heavy atom. The van der Waals surface area contributed by atoms with Crippen molar-refractivity contribution in [2.45, 2.75) is 18.6 Å². The lowest BCUT2D eigenvalue weighted by atomic mass is 10.1. The Morgan fingerprint density at radius 3 is 2.35 bits per heavy atom. The number of alkyl halides is 5. The number of aliphatic hydroxyl groups excluding tert-OH is 1. The molecule has 0 spiro atoms. The minimum atomic E-state index is -4.92. The SMILES string of the molecule is C=CC(=O)N(Cc1c(F)cccc1C(F)(F)F)CC(F)(F)CO. The Kier molecular flexibility index (Phi) is 5.81. The second-order valence-electron chi connectivity index (χ2n) is 4.68. The summed E-state index contributed by atoms with van der Waals surface area (Å²) in [7, 11) is 0. The number of amides is 1. The third-order valence-electron chi connectivity index (χ3n) is 2.91. The van der Waals surface area contributed by atoms with E-state index in [4.69, 9.17) is 5.11 Å². The first kappa shape index (κ1) is 19.0. The Morgan fingerprint density at radius 2 is 1.87 bits per heavy atom. The van der Waals surface area contributed by atoms with E-state index in [9.17, 15) is 31.1 Å². The van der Waals surface area contributed by atoms with E-state index >= 15 is 0 Å². The van der Waals surface area contributed by atoms with E-state index in [2.05, 4.69) is 6.58 Å². The molecule has 0 saturated heterocycles. The normalized spacial score (nSPS) is 12.1. The third-order valence-corrected chi connectivity index (χ3v) is 2.91. The molecule has 1 N–H and O–H groups in total. The van der Waals surface area contributed by atoms with Crippen LogP contribution in [0, 0.1) is 5.82 Å². The summed E-state index contributed by atoms with van der Waals surface area (Å²) < 4.78 is 78.9. The third kappa shape index (κ3) is 4.98. The summed E-state index contributed by atoms with van der Waals surface area (Å²) in [6.45, 7) is -0.971. The lowest BCUT2D eigenvalue weighted by Gasteiger charge is -2.27. The van der Waals surface area contributed by atoms with E-state index < -0.39 is 54.6 Å². The van der Waals surface area contributed by atoms with E-state index in [1.54, 1.807) is 0 Å². The van der Waals surface area contributed by atoms with Crippen LogP contribution in [0.1, 0.15) is 11.1 Å². The van der Waals surface area contributed by atoms with Gasteiger partial charge in [-0.15, -0.1) is 0 Å². The molecule has 0 aliphatic carbocycles. The molecule has 0 heterocycles. The monoisotopic (exact) mass is 341 g/mol. The average molecular weight is 341 g/mol. The summed E-state index contributed by atoms with van der Waals surface area (Å²) >= 11 is 0. The molecule has 0 atom stereocenters. The van der Waals surface area contributed by atoms with Crippen molar-refractivity contribution in [3.63, 3.8) is 0 Å². The first-order valence-corrected chi connectivity index (χ1v) is 6.26. The number of rotatable bonds is 6. The molecule has 0 aromatic heterocycles. The van der Waals surface area contributed by atoms with Gasteiger partial charge in [-0.2, -0.15) is 13.2 Å². The summed E-state index contributed by atoms with van der Waals surface area (Å²) in [5.41, 5.74) is -2.31. The number of carbonyl (C=O) groups is 1. The fraction of sp³-hybridized carbons (Fsp3) is 0.357. The largest absolute Gasteiger partial charge is 0.416 e. The van der Waals surface area contributed by atoms with Crippen molar-refractivity contribution in [2.75, 3.05) is 13.2 Å². The Balaban J connectivity index is 3.24. The van der Waals surface area contributed by atoms with Gasteiger partial charge in [0.25, 0.3) is 5.92 Å². The average Bonchev–Trinajstić information content (AvgIpc) is 2.46. The van der Waals surface area contributed by atoms with Crippen LogP contribution in [0.3, 0.4) is 0 Å². The smallest absolute Gasteiger partial charge is 0.390 e. The molecule has 3 nitrogen and oxygen atoms in total. The standard InChI is InChI=1S/C14H13F6NO2/c1-2-12(23)21(7-13(16,17)8-22)6-9-10(14(18,19)20)4-3-5-11(9)15/h2-5,22H,1,6-8H2. The summed E-state index contributed by atoms with van der Waals surface area (Å²) in [4.78, 5) is 11.9. The Labute approximate surface area is 127 Å². The molecule has 1 aromatic rings. The molecule has 0 aliphatic rings. The topological polar surface area (TPSA) is 40.5 Å². The number of carbonyl (C=O) groups excluding carboxylic acids is 1. The van der Waals surface area contributed by atoms with Gasteiger partial charge in [-0.3, -0.25) is 4.79 Å². The lowest BCUT2D eigenvalue weighted by molar-refractivity contribution is -0.141. The quantitative estimate of drug-likeness (QED) is 0.638. The molecule has 128 valence electrons. The van der Waals surface area contributed by atoms with Gasteiger partial charge in [0.1, 0.15) is 12.4 Å². The van der Waals surface area contributed by atoms with Gasteiger partial charge in [0.05, 0.1) is 12.1 Å². The molecule has 0 saturated carbocycles. The van der Waals surface area contributed by atoms with Crippen LogP contribution in [-0.2, 0) is 17.5 Å². The molecular formula is C14H13F6NO2. The van der Waals surface area contributed by atoms with Gasteiger partial charge in [-0.25, -0.2) is 13.2 Å². The van der Waals surface area contributed by atoms with Crippen LogP contribution < -0.4 is 0 Å². The van der Waals surface area contributed by atoms with Crippen LogP contribution in [0.2, 0.25) is 0 Å². The van der Waals surface area contributed by atoms with Gasteiger partial charge in [-0.1, -0.05) is 12.6 Å². The van der Waals surface area contributed by atoms with E-state index in [-0.39, 0.29) is 4.90 Å². The predicted octanol–water partition coefficient (Wildman–Crippen LogP) is 2.99. The van der Waals surface area contributed by atoms with Crippen LogP contribution in [0.15, 0.2) is 30.9 Å². The molecule has 1 rings (SSSR count). The molecule has 0 fully saturated rings. The molecule has 0 radical (unpaired) electrons. The zero-order chi connectivity index (χ0) is 17.8. The summed E-state index contributed by atoms with van der Waals surface area (Å²) in [6.07, 6.45) is -4.30. The Hall–Kier alpha value is -2.03. The molecule has 0 bridgehead atoms. The zero-order valence-electron chi connectivity index (χ0n) is 11.7. The second kappa shape index (κ2) is 7.03. The number of halogens is 6. The minimum absolute atomic E-state index is 0.289. The molecule has 1 amide bonds. The van der Waals surface area contributed by atoms with Crippen LogP contribution in [0.4, 0.5) is 26.3 Å². The summed E-state index contributed by atoms with van der Waals surface area (Å²) in [5, 5.41) is 8.53. The van der Waals surface area contributed by atoms with Crippen LogP contribution in [0.5, 0.6) is 0 Å². The Bertz CT molecular complexity index is 585. The maximum Gasteiger partial charge on any atom is 0.416 e. The van der Waals surface area contributed by atoms with Crippen molar-refractivity contribution in [1.29, 1.82) is 0 Å². The number of benzene rings is 1. The highest BCUT2D eigenvalue weighted by atomic mass is 19.4. The van der Waals surface area contributed by atoms with Gasteiger partial charge < -0.3 is 10.0 Å². The number of aliphatic hydroxyl groups is 1. The fourth-order valence-electron chi connectivity index (χ4n) is 1.85. The van der Waals surface area contributed by atoms with Crippen molar-refractivity contribution in [1.82, 2.24) is 4.90 Å². The molecule has 23 heavy (non-hydrogen) atoms. The van der Waals surface area contributed by atoms with Crippen LogP contribution in [0.25, 0.3) is 0 Å². The molecule has 0 aliphatic heterocycles. The highest BCUT2D eigenvalue weighted by Crippen LogP contribution is 2.34. The van der Waals surface area contributed by atoms with Gasteiger partial charge in [-0.05, 0) is 18.2 Å². The summed E-state index contributed by atoms with van der Waals surface area (Å²) in [6, 6.07) is 2.13. The van der Waals surface area contributed by atoms with Crippen molar-refractivity contribution >= 4 is 5.91 Å². The van der Waals surface area contributed by atoms with Gasteiger partial charge in [0, 0.05) is 12.1 Å². The van der Waals surface area contributed by atoms with E-state index in [1.165, 1.54) is 0 Å². The van der Waals surface area contributed by atoms with Crippen molar-refractivity contribution in [3.8, 4) is 0 Å². The maximum absolute atomic E-state index is 13.7. The highest BCUT2D eigenvalue weighted by molar-refractivity contribution is 5.87. The zero-order valence-corrected chi connectivity index (χ0v) is 11.7. The first-order chi connectivity index (χ1) is 10.5. The van der Waals surface area contributed by atoms with Crippen molar-refractivity contribution < 1.29 is 36.2 Å². The van der Waals surface area contributed by atoms with Crippen molar-refractivity contribution in [2.24, 2.45) is 0 Å². The lowest BCUT2D eigenvalue weighted by Crippen LogP contribution is -2.42. The van der Waals surface area contributed by atoms with Gasteiger partial charge in [0.2, 0.25) is 5.91 Å². The van der Waals surface area contributed by atoms with Crippen LogP contribution >= 0.6 is 0 Å². The number of hydrogen-bond acceptors (Lipinski definition) is 2. The summed E-state index contributed by atoms with van der Waals surface area (Å²) in [5.74, 6) is -6.15. The van der Waals surface area contributed by atoms with Crippen molar-refractivity contribution in [3.05, 3.63) is 47.8 Å². The van der Waals surface area contributed by atoms with Gasteiger partial charge >= 0.3 is 6.18 Å². The molecule has 1 aromatic carbocycles. The predicted molar refractivity (Wildman–Crippen MR) is 69.0 cm³/mol. The maximum atomic E-state index is 13.7. The van der Waals surface area contributed by atoms with Crippen LogP contribution in [-0.4, -0.2) is 35.0 Å². The highest BCUT2D eigenvalue weighted by Gasteiger charge is 2.37. The second-order valence-corrected chi connectivity index (χ2v) is 4.68. The number of nitrogens with zero attached hydrogens (tertiary/aromatic N) is 1. The van der Waals surface area contributed by atoms with E-state index in [0.29, 0.717) is 12.1 Å². The fourth-order valence-corrected chi connectivity index (χ4v) is 1.85. The minimum Gasteiger partial charge on any atom is -0.390 e. The van der Waals surface area contributed by atoms with E-state index in [1.807, 2.05) is 0 Å². The molecule has 9 heteroatoms. The van der Waals surface area contributed by atoms with Gasteiger partial charge in [0.15, 0.2) is 0 Å². The molecule has 0 unspecified atom stereocenters. The first-order valence-electron chi connectivity index (χ1n) is 6.26. The molecular weight excluding hydrogens is 328 g/mol.